The van der Waals surface area contributed by atoms with Crippen LogP contribution in [0.3, 0.4) is 0 Å². The minimum Gasteiger partial charge on any atom is -0.382 e. The van der Waals surface area contributed by atoms with Crippen LogP contribution in [0.4, 0.5) is 10.8 Å². The third kappa shape index (κ3) is 2.67. The smallest absolute Gasteiger partial charge is 0.149 e. The third-order valence-electron chi connectivity index (χ3n) is 2.65. The zero-order valence-electron chi connectivity index (χ0n) is 11.0. The second-order valence-corrected chi connectivity index (χ2v) is 6.97. The van der Waals surface area contributed by atoms with Crippen molar-refractivity contribution in [2.24, 2.45) is 0 Å². The van der Waals surface area contributed by atoms with Crippen molar-refractivity contribution in [3.05, 3.63) is 27.2 Å². The summed E-state index contributed by atoms with van der Waals surface area (Å²) in [5, 5.41) is 10.4. The summed E-state index contributed by atoms with van der Waals surface area (Å²) in [7, 11) is 0. The topological polar surface area (TPSA) is 76.7 Å². The number of rotatable bonds is 4. The molecule has 8 heteroatoms. The molecule has 3 aromatic heterocycles. The van der Waals surface area contributed by atoms with E-state index in [1.54, 1.807) is 22.7 Å². The van der Waals surface area contributed by atoms with Crippen molar-refractivity contribution >= 4 is 45.0 Å². The van der Waals surface area contributed by atoms with Gasteiger partial charge in [0.15, 0.2) is 0 Å². The summed E-state index contributed by atoms with van der Waals surface area (Å²) in [6, 6.07) is 0. The van der Waals surface area contributed by atoms with Gasteiger partial charge in [0.1, 0.15) is 15.8 Å². The van der Waals surface area contributed by atoms with E-state index in [0.29, 0.717) is 12.4 Å². The maximum atomic E-state index is 5.97. The van der Waals surface area contributed by atoms with Gasteiger partial charge in [-0.25, -0.2) is 9.97 Å². The van der Waals surface area contributed by atoms with E-state index < -0.39 is 0 Å². The Morgan fingerprint density at radius 3 is 2.70 bits per heavy atom. The number of nitrogens with zero attached hydrogens (tertiary/aromatic N) is 3. The monoisotopic (exact) mass is 323 g/mol. The maximum absolute atomic E-state index is 5.97. The summed E-state index contributed by atoms with van der Waals surface area (Å²) in [5.74, 6) is 0.529. The summed E-state index contributed by atoms with van der Waals surface area (Å²) in [4.78, 5) is 8.92. The molecule has 104 valence electrons. The van der Waals surface area contributed by atoms with Crippen LogP contribution in [-0.4, -0.2) is 14.3 Å². The largest absolute Gasteiger partial charge is 0.382 e. The van der Waals surface area contributed by atoms with Crippen molar-refractivity contribution in [3.63, 3.8) is 0 Å². The number of nitrogen functional groups attached to an aromatic ring is 1. The number of thiazole rings is 2. The second-order valence-electron chi connectivity index (χ2n) is 4.28. The van der Waals surface area contributed by atoms with Crippen LogP contribution in [-0.2, 0) is 6.54 Å². The number of hydrogen-bond donors (Lipinski definition) is 2. The zero-order chi connectivity index (χ0) is 14.1. The molecule has 3 heterocycles. The van der Waals surface area contributed by atoms with Crippen LogP contribution in [0.25, 0.3) is 10.6 Å². The molecular weight excluding hydrogens is 310 g/mol. The van der Waals surface area contributed by atoms with E-state index in [9.17, 15) is 0 Å². The molecule has 3 rings (SSSR count). The van der Waals surface area contributed by atoms with Crippen LogP contribution < -0.4 is 11.1 Å². The number of nitrogens with one attached hydrogen (secondary N) is 1. The second kappa shape index (κ2) is 5.47. The molecule has 0 atom stereocenters. The summed E-state index contributed by atoms with van der Waals surface area (Å²) in [5.41, 5.74) is 8.90. The third-order valence-corrected chi connectivity index (χ3v) is 5.27. The summed E-state index contributed by atoms with van der Waals surface area (Å²) >= 11 is 4.60. The van der Waals surface area contributed by atoms with Crippen molar-refractivity contribution in [1.29, 1.82) is 0 Å². The highest BCUT2D eigenvalue weighted by Gasteiger charge is 2.16. The lowest BCUT2D eigenvalue weighted by Gasteiger charge is -2.03. The van der Waals surface area contributed by atoms with E-state index in [0.717, 1.165) is 32.0 Å². The fourth-order valence-electron chi connectivity index (χ4n) is 1.76. The Labute approximate surface area is 128 Å². The molecule has 0 fully saturated rings. The molecule has 0 aliphatic heterocycles. The molecule has 0 spiro atoms. The molecule has 0 bridgehead atoms. The van der Waals surface area contributed by atoms with E-state index >= 15 is 0 Å². The van der Waals surface area contributed by atoms with E-state index in [1.807, 2.05) is 19.2 Å². The van der Waals surface area contributed by atoms with Gasteiger partial charge in [0.05, 0.1) is 22.8 Å². The van der Waals surface area contributed by atoms with Crippen molar-refractivity contribution in [2.45, 2.75) is 20.4 Å². The normalized spacial score (nSPS) is 10.9. The van der Waals surface area contributed by atoms with Crippen molar-refractivity contribution in [2.75, 3.05) is 11.1 Å². The minimum atomic E-state index is 0.529. The van der Waals surface area contributed by atoms with Crippen molar-refractivity contribution in [3.8, 4) is 10.6 Å². The first-order valence-corrected chi connectivity index (χ1v) is 8.49. The van der Waals surface area contributed by atoms with Crippen molar-refractivity contribution in [1.82, 2.24) is 14.3 Å². The average Bonchev–Trinajstić information content (AvgIpc) is 3.09. The molecule has 3 aromatic rings. The first-order valence-electron chi connectivity index (χ1n) is 5.96. The van der Waals surface area contributed by atoms with Gasteiger partial charge in [0.25, 0.3) is 0 Å². The van der Waals surface area contributed by atoms with Gasteiger partial charge in [0, 0.05) is 16.5 Å². The van der Waals surface area contributed by atoms with E-state index in [4.69, 9.17) is 5.73 Å². The molecule has 0 aliphatic rings. The van der Waals surface area contributed by atoms with Crippen LogP contribution in [0.15, 0.2) is 10.8 Å². The summed E-state index contributed by atoms with van der Waals surface area (Å²) in [6.07, 6.45) is 0. The highest BCUT2D eigenvalue weighted by molar-refractivity contribution is 7.15. The molecule has 0 saturated carbocycles. The van der Waals surface area contributed by atoms with Gasteiger partial charge >= 0.3 is 0 Å². The van der Waals surface area contributed by atoms with E-state index in [-0.39, 0.29) is 0 Å². The minimum absolute atomic E-state index is 0.529. The van der Waals surface area contributed by atoms with Gasteiger partial charge in [-0.05, 0) is 25.4 Å². The van der Waals surface area contributed by atoms with Crippen LogP contribution in [0.5, 0.6) is 0 Å². The van der Waals surface area contributed by atoms with Crippen LogP contribution in [0.1, 0.15) is 16.4 Å². The van der Waals surface area contributed by atoms with E-state index in [2.05, 4.69) is 25.0 Å². The van der Waals surface area contributed by atoms with Gasteiger partial charge in [0.2, 0.25) is 0 Å². The van der Waals surface area contributed by atoms with Crippen molar-refractivity contribution < 1.29 is 0 Å². The lowest BCUT2D eigenvalue weighted by molar-refractivity contribution is 1.06. The number of aryl methyl sites for hydroxylation is 2. The molecule has 0 amide bonds. The number of nitrogens with two attached hydrogens (primary N) is 1. The van der Waals surface area contributed by atoms with Crippen LogP contribution in [0, 0.1) is 13.8 Å². The standard InChI is InChI=1S/C12H13N5S3/c1-6-4-19-12(15-6)9-10(13)17-20-11(9)14-3-8-5-18-7(2)16-8/h4-5,14H,3H2,1-2H3,(H2,13,17). The number of aromatic nitrogens is 3. The fourth-order valence-corrected chi connectivity index (χ4v) is 4.00. The Morgan fingerprint density at radius 2 is 2.05 bits per heavy atom. The molecule has 0 saturated heterocycles. The number of hydrogen-bond acceptors (Lipinski definition) is 8. The molecular formula is C12H13N5S3. The first kappa shape index (κ1) is 13.5. The molecule has 5 nitrogen and oxygen atoms in total. The Kier molecular flexibility index (Phi) is 3.68. The highest BCUT2D eigenvalue weighted by atomic mass is 32.1. The average molecular weight is 323 g/mol. The Morgan fingerprint density at radius 1 is 1.20 bits per heavy atom. The maximum Gasteiger partial charge on any atom is 0.149 e. The molecule has 0 radical (unpaired) electrons. The molecule has 20 heavy (non-hydrogen) atoms. The van der Waals surface area contributed by atoms with Crippen LogP contribution >= 0.6 is 34.2 Å². The van der Waals surface area contributed by atoms with Gasteiger partial charge in [-0.1, -0.05) is 0 Å². The molecule has 0 aliphatic carbocycles. The summed E-state index contributed by atoms with van der Waals surface area (Å²) < 4.78 is 4.23. The Balaban J connectivity index is 1.83. The first-order chi connectivity index (χ1) is 9.63. The number of anilines is 2. The zero-order valence-corrected chi connectivity index (χ0v) is 13.5. The van der Waals surface area contributed by atoms with Gasteiger partial charge in [-0.3, -0.25) is 0 Å². The quantitative estimate of drug-likeness (QED) is 0.768. The highest BCUT2D eigenvalue weighted by Crippen LogP contribution is 2.38. The Bertz CT molecular complexity index is 727. The SMILES string of the molecule is Cc1csc(-c2c(N)nsc2NCc2csc(C)n2)n1. The van der Waals surface area contributed by atoms with Crippen LogP contribution in [0.2, 0.25) is 0 Å². The predicted molar refractivity (Wildman–Crippen MR) is 86.5 cm³/mol. The lowest BCUT2D eigenvalue weighted by atomic mass is 10.3. The fraction of sp³-hybridized carbons (Fsp3) is 0.250. The van der Waals surface area contributed by atoms with Gasteiger partial charge in [-0.2, -0.15) is 4.37 Å². The molecule has 3 N–H and O–H groups in total. The Hall–Kier alpha value is -1.51. The van der Waals surface area contributed by atoms with E-state index in [1.165, 1.54) is 11.5 Å². The van der Waals surface area contributed by atoms with Gasteiger partial charge in [-0.15, -0.1) is 22.7 Å². The summed E-state index contributed by atoms with van der Waals surface area (Å²) in [6.45, 7) is 4.65. The lowest BCUT2D eigenvalue weighted by Crippen LogP contribution is -1.99. The molecule has 0 aromatic carbocycles. The molecule has 0 unspecified atom stereocenters. The predicted octanol–water partition coefficient (Wildman–Crippen LogP) is 3.53. The van der Waals surface area contributed by atoms with Gasteiger partial charge < -0.3 is 11.1 Å².